The van der Waals surface area contributed by atoms with E-state index in [1.54, 1.807) is 6.26 Å². The SMILES string of the molecule is C=S(C)(=O)CC[C@](C)(CCCC)C(C)C. The van der Waals surface area contributed by atoms with Crippen LogP contribution in [0.3, 0.4) is 0 Å². The number of rotatable bonds is 7. The van der Waals surface area contributed by atoms with Gasteiger partial charge in [0.1, 0.15) is 0 Å². The molecule has 0 aromatic carbocycles. The summed E-state index contributed by atoms with van der Waals surface area (Å²) in [4.78, 5) is 0. The minimum atomic E-state index is -1.82. The molecule has 1 nitrogen and oxygen atoms in total. The second-order valence-electron chi connectivity index (χ2n) is 5.55. The fourth-order valence-corrected chi connectivity index (χ4v) is 2.63. The molecule has 0 N–H and O–H groups in total. The van der Waals surface area contributed by atoms with Crippen LogP contribution in [0.1, 0.15) is 53.4 Å². The zero-order chi connectivity index (χ0) is 12.1. The highest BCUT2D eigenvalue weighted by Crippen LogP contribution is 2.36. The summed E-state index contributed by atoms with van der Waals surface area (Å²) >= 11 is 0. The molecule has 0 radical (unpaired) electrons. The molecule has 0 fully saturated rings. The Hall–Kier alpha value is 0.0200. The summed E-state index contributed by atoms with van der Waals surface area (Å²) in [5.74, 6) is 5.17. The molecule has 0 bridgehead atoms. The van der Waals surface area contributed by atoms with Crippen molar-refractivity contribution in [1.82, 2.24) is 0 Å². The molecule has 0 saturated heterocycles. The predicted molar refractivity (Wildman–Crippen MR) is 73.1 cm³/mol. The molecule has 0 aliphatic heterocycles. The molecule has 0 aliphatic carbocycles. The number of unbranched alkanes of at least 4 members (excludes halogenated alkanes) is 1. The maximum Gasteiger partial charge on any atom is 0.0161 e. The van der Waals surface area contributed by atoms with Gasteiger partial charge in [0, 0.05) is 12.0 Å². The van der Waals surface area contributed by atoms with E-state index in [9.17, 15) is 4.21 Å². The molecule has 0 aromatic heterocycles. The van der Waals surface area contributed by atoms with Crippen LogP contribution in [-0.2, 0) is 9.52 Å². The van der Waals surface area contributed by atoms with Crippen LogP contribution in [0.5, 0.6) is 0 Å². The van der Waals surface area contributed by atoms with Gasteiger partial charge in [-0.15, -0.1) is 0 Å². The summed E-state index contributed by atoms with van der Waals surface area (Å²) in [6.45, 7) is 9.11. The van der Waals surface area contributed by atoms with Crippen LogP contribution in [0.15, 0.2) is 0 Å². The van der Waals surface area contributed by atoms with Gasteiger partial charge < -0.3 is 0 Å². The van der Waals surface area contributed by atoms with Crippen LogP contribution >= 0.6 is 0 Å². The van der Waals surface area contributed by atoms with Crippen molar-refractivity contribution in [2.24, 2.45) is 11.3 Å². The van der Waals surface area contributed by atoms with Crippen LogP contribution in [0.4, 0.5) is 0 Å². The molecule has 0 amide bonds. The highest BCUT2D eigenvalue weighted by Gasteiger charge is 2.27. The van der Waals surface area contributed by atoms with E-state index >= 15 is 0 Å². The first-order chi connectivity index (χ1) is 6.71. The molecule has 15 heavy (non-hydrogen) atoms. The van der Waals surface area contributed by atoms with Crippen molar-refractivity contribution >= 4 is 15.4 Å². The predicted octanol–water partition coefficient (Wildman–Crippen LogP) is 3.58. The Bertz CT molecular complexity index is 264. The van der Waals surface area contributed by atoms with E-state index < -0.39 is 9.52 Å². The lowest BCUT2D eigenvalue weighted by Crippen LogP contribution is -2.26. The molecule has 0 spiro atoms. The van der Waals surface area contributed by atoms with Gasteiger partial charge in [0.05, 0.1) is 0 Å². The molecule has 0 aliphatic rings. The van der Waals surface area contributed by atoms with Gasteiger partial charge in [0.2, 0.25) is 0 Å². The number of hydrogen-bond acceptors (Lipinski definition) is 1. The van der Waals surface area contributed by atoms with Crippen LogP contribution in [0.25, 0.3) is 0 Å². The normalized spacial score (nSPS) is 19.9. The lowest BCUT2D eigenvalue weighted by Gasteiger charge is -2.34. The fourth-order valence-electron chi connectivity index (χ4n) is 1.73. The molecule has 0 heterocycles. The van der Waals surface area contributed by atoms with Crippen molar-refractivity contribution in [1.29, 1.82) is 0 Å². The van der Waals surface area contributed by atoms with Crippen LogP contribution in [0.2, 0.25) is 0 Å². The monoisotopic (exact) mass is 232 g/mol. The Kier molecular flexibility index (Phi) is 5.94. The highest BCUT2D eigenvalue weighted by atomic mass is 32.2. The third-order valence-electron chi connectivity index (χ3n) is 3.60. The Balaban J connectivity index is 4.38. The molecular formula is C13H28OS. The van der Waals surface area contributed by atoms with Gasteiger partial charge in [-0.1, -0.05) is 40.5 Å². The molecule has 0 aromatic rings. The molecular weight excluding hydrogens is 204 g/mol. The van der Waals surface area contributed by atoms with E-state index in [2.05, 4.69) is 33.6 Å². The first-order valence-electron chi connectivity index (χ1n) is 6.01. The fraction of sp³-hybridized carbons (Fsp3) is 0.923. The topological polar surface area (TPSA) is 17.1 Å². The summed E-state index contributed by atoms with van der Waals surface area (Å²) < 4.78 is 11.6. The van der Waals surface area contributed by atoms with Crippen molar-refractivity contribution in [2.45, 2.75) is 53.4 Å². The summed E-state index contributed by atoms with van der Waals surface area (Å²) in [5, 5.41) is 0. The van der Waals surface area contributed by atoms with Gasteiger partial charge in [-0.05, 0) is 39.6 Å². The molecule has 2 atom stereocenters. The maximum absolute atomic E-state index is 11.6. The number of hydrogen-bond donors (Lipinski definition) is 0. The Morgan fingerprint density at radius 3 is 2.20 bits per heavy atom. The van der Waals surface area contributed by atoms with Gasteiger partial charge in [-0.25, -0.2) is 0 Å². The third kappa shape index (κ3) is 6.24. The third-order valence-corrected chi connectivity index (χ3v) is 4.67. The van der Waals surface area contributed by atoms with Crippen molar-refractivity contribution in [2.75, 3.05) is 12.0 Å². The van der Waals surface area contributed by atoms with E-state index in [0.29, 0.717) is 11.3 Å². The Morgan fingerprint density at radius 2 is 1.87 bits per heavy atom. The summed E-state index contributed by atoms with van der Waals surface area (Å²) in [5.41, 5.74) is 0.340. The van der Waals surface area contributed by atoms with Crippen LogP contribution in [0, 0.1) is 11.3 Å². The average Bonchev–Trinajstić information content (AvgIpc) is 2.10. The van der Waals surface area contributed by atoms with E-state index in [4.69, 9.17) is 0 Å². The lowest BCUT2D eigenvalue weighted by molar-refractivity contribution is 0.186. The largest absolute Gasteiger partial charge is 0.268 e. The maximum atomic E-state index is 11.6. The standard InChI is InChI=1S/C13H28OS/c1-7-8-9-13(4,12(2)3)10-11-15(5,6)14/h12H,5,7-11H2,1-4,6H3/t13-,15?/m0/s1. The van der Waals surface area contributed by atoms with Gasteiger partial charge in [-0.2, -0.15) is 0 Å². The van der Waals surface area contributed by atoms with Crippen molar-refractivity contribution < 1.29 is 4.21 Å². The second-order valence-corrected chi connectivity index (χ2v) is 8.33. The highest BCUT2D eigenvalue weighted by molar-refractivity contribution is 7.99. The lowest BCUT2D eigenvalue weighted by atomic mass is 9.73. The van der Waals surface area contributed by atoms with Gasteiger partial charge in [-0.3, -0.25) is 4.21 Å². The van der Waals surface area contributed by atoms with Gasteiger partial charge >= 0.3 is 0 Å². The van der Waals surface area contributed by atoms with Gasteiger partial charge in [0.15, 0.2) is 0 Å². The molecule has 0 saturated carbocycles. The Morgan fingerprint density at radius 1 is 1.33 bits per heavy atom. The molecule has 0 rings (SSSR count). The first-order valence-corrected chi connectivity index (χ1v) is 8.31. The minimum Gasteiger partial charge on any atom is -0.268 e. The van der Waals surface area contributed by atoms with E-state index in [1.165, 1.54) is 19.3 Å². The molecule has 2 heteroatoms. The summed E-state index contributed by atoms with van der Waals surface area (Å²) in [6, 6.07) is 0. The van der Waals surface area contributed by atoms with E-state index in [0.717, 1.165) is 12.2 Å². The van der Waals surface area contributed by atoms with Gasteiger partial charge in [0.25, 0.3) is 0 Å². The second kappa shape index (κ2) is 5.93. The quantitative estimate of drug-likeness (QED) is 0.613. The zero-order valence-electron chi connectivity index (χ0n) is 11.1. The van der Waals surface area contributed by atoms with Crippen molar-refractivity contribution in [3.63, 3.8) is 0 Å². The van der Waals surface area contributed by atoms with E-state index in [-0.39, 0.29) is 0 Å². The minimum absolute atomic E-state index is 0.340. The van der Waals surface area contributed by atoms with Crippen LogP contribution < -0.4 is 0 Å². The summed E-state index contributed by atoms with van der Waals surface area (Å²) in [6.07, 6.45) is 6.58. The van der Waals surface area contributed by atoms with Crippen molar-refractivity contribution in [3.05, 3.63) is 0 Å². The summed E-state index contributed by atoms with van der Waals surface area (Å²) in [7, 11) is -1.82. The van der Waals surface area contributed by atoms with Crippen LogP contribution in [-0.4, -0.2) is 22.1 Å². The Labute approximate surface area is 96.7 Å². The average molecular weight is 232 g/mol. The zero-order valence-corrected chi connectivity index (χ0v) is 12.0. The first kappa shape index (κ1) is 15.0. The van der Waals surface area contributed by atoms with Crippen molar-refractivity contribution in [3.8, 4) is 0 Å². The smallest absolute Gasteiger partial charge is 0.0161 e. The molecule has 92 valence electrons. The van der Waals surface area contributed by atoms with E-state index in [1.807, 2.05) is 0 Å². The molecule has 1 unspecified atom stereocenters.